The Kier molecular flexibility index (Phi) is 6.02. The number of aromatic nitrogens is 1. The van der Waals surface area contributed by atoms with Gasteiger partial charge in [0.05, 0.1) is 18.6 Å². The molecule has 1 aromatic heterocycles. The molecule has 1 unspecified atom stereocenters. The molecule has 3 atom stereocenters. The first-order valence-electron chi connectivity index (χ1n) is 11.0. The number of ether oxygens (including phenoxy) is 2. The average Bonchev–Trinajstić information content (AvgIpc) is 3.20. The third-order valence-electron chi connectivity index (χ3n) is 6.29. The number of piperidine rings is 1. The number of carbonyl (C=O) groups excluding carboxylic acids is 2. The number of nitrogens with zero attached hydrogens (tertiary/aromatic N) is 2. The molecule has 3 aliphatic rings. The van der Waals surface area contributed by atoms with Gasteiger partial charge in [-0.05, 0) is 57.6 Å². The van der Waals surface area contributed by atoms with Crippen molar-refractivity contribution in [2.45, 2.75) is 68.8 Å². The van der Waals surface area contributed by atoms with E-state index in [9.17, 15) is 9.59 Å². The lowest BCUT2D eigenvalue weighted by molar-refractivity contribution is -0.142. The van der Waals surface area contributed by atoms with Gasteiger partial charge in [-0.2, -0.15) is 0 Å². The quantitative estimate of drug-likeness (QED) is 0.642. The Labute approximate surface area is 183 Å². The Morgan fingerprint density at radius 2 is 1.77 bits per heavy atom. The van der Waals surface area contributed by atoms with E-state index in [4.69, 9.17) is 14.5 Å². The van der Waals surface area contributed by atoms with Crippen molar-refractivity contribution in [3.8, 4) is 0 Å². The minimum absolute atomic E-state index is 0.0448. The molecule has 0 aromatic carbocycles. The summed E-state index contributed by atoms with van der Waals surface area (Å²) in [7, 11) is 1.46. The Bertz CT molecular complexity index is 804. The van der Waals surface area contributed by atoms with Gasteiger partial charge in [0.25, 0.3) is 0 Å². The lowest BCUT2D eigenvalue weighted by Gasteiger charge is -2.25. The average molecular weight is 433 g/mol. The van der Waals surface area contributed by atoms with Crippen LogP contribution in [0.15, 0.2) is 17.2 Å². The molecule has 1 saturated heterocycles. The highest BCUT2D eigenvalue weighted by molar-refractivity contribution is 7.99. The second-order valence-electron chi connectivity index (χ2n) is 9.68. The number of esters is 2. The number of hydrogen-bond acceptors (Lipinski definition) is 7. The fourth-order valence-electron chi connectivity index (χ4n) is 4.73. The van der Waals surface area contributed by atoms with E-state index >= 15 is 0 Å². The highest BCUT2D eigenvalue weighted by atomic mass is 32.2. The van der Waals surface area contributed by atoms with Gasteiger partial charge in [0.2, 0.25) is 0 Å². The van der Waals surface area contributed by atoms with Gasteiger partial charge in [-0.3, -0.25) is 4.79 Å². The lowest BCUT2D eigenvalue weighted by Crippen LogP contribution is -2.28. The van der Waals surface area contributed by atoms with E-state index in [0.29, 0.717) is 22.6 Å². The van der Waals surface area contributed by atoms with Crippen molar-refractivity contribution in [3.63, 3.8) is 0 Å². The number of anilines is 1. The summed E-state index contributed by atoms with van der Waals surface area (Å²) in [5, 5.41) is 1.28. The summed E-state index contributed by atoms with van der Waals surface area (Å²) in [6.45, 7) is 7.28. The number of fused-ring (bicyclic) bond motifs is 1. The molecule has 0 radical (unpaired) electrons. The van der Waals surface area contributed by atoms with Gasteiger partial charge >= 0.3 is 11.9 Å². The van der Waals surface area contributed by atoms with E-state index in [1.807, 2.05) is 32.9 Å². The van der Waals surface area contributed by atoms with Gasteiger partial charge in [-0.25, -0.2) is 9.78 Å². The summed E-state index contributed by atoms with van der Waals surface area (Å²) < 4.78 is 10.5. The monoisotopic (exact) mass is 432 g/mol. The second kappa shape index (κ2) is 8.40. The molecular formula is C23H32N2O4S. The number of carbonyl (C=O) groups is 2. The zero-order valence-electron chi connectivity index (χ0n) is 18.3. The highest BCUT2D eigenvalue weighted by Crippen LogP contribution is 2.53. The predicted molar refractivity (Wildman–Crippen MR) is 117 cm³/mol. The zero-order chi connectivity index (χ0) is 21.5. The molecule has 7 heteroatoms. The predicted octanol–water partition coefficient (Wildman–Crippen LogP) is 4.32. The number of rotatable bonds is 5. The van der Waals surface area contributed by atoms with Crippen LogP contribution in [-0.2, 0) is 14.3 Å². The molecule has 2 heterocycles. The molecule has 2 saturated carbocycles. The second-order valence-corrected chi connectivity index (χ2v) is 11.0. The molecule has 2 aliphatic carbocycles. The van der Waals surface area contributed by atoms with Crippen molar-refractivity contribution in [1.82, 2.24) is 4.98 Å². The molecule has 1 aromatic rings. The number of hydrogen-bond donors (Lipinski definition) is 0. The summed E-state index contributed by atoms with van der Waals surface area (Å²) >= 11 is 1.73. The minimum Gasteiger partial charge on any atom is -0.469 e. The van der Waals surface area contributed by atoms with E-state index < -0.39 is 5.60 Å². The third-order valence-corrected chi connectivity index (χ3v) is 7.63. The van der Waals surface area contributed by atoms with Crippen LogP contribution >= 0.6 is 11.8 Å². The van der Waals surface area contributed by atoms with Gasteiger partial charge in [0.1, 0.15) is 16.4 Å². The van der Waals surface area contributed by atoms with Crippen LogP contribution in [0.25, 0.3) is 0 Å². The summed E-state index contributed by atoms with van der Waals surface area (Å²) in [6, 6.07) is 3.78. The van der Waals surface area contributed by atoms with Gasteiger partial charge in [0, 0.05) is 18.3 Å². The summed E-state index contributed by atoms with van der Waals surface area (Å²) in [4.78, 5) is 31.8. The van der Waals surface area contributed by atoms with Crippen molar-refractivity contribution >= 4 is 29.5 Å². The van der Waals surface area contributed by atoms with Crippen molar-refractivity contribution < 1.29 is 19.1 Å². The molecule has 0 bridgehead atoms. The Morgan fingerprint density at radius 1 is 1.10 bits per heavy atom. The molecule has 3 fully saturated rings. The van der Waals surface area contributed by atoms with Crippen LogP contribution in [-0.4, -0.2) is 48.0 Å². The largest absolute Gasteiger partial charge is 0.469 e. The van der Waals surface area contributed by atoms with Gasteiger partial charge in [0.15, 0.2) is 0 Å². The van der Waals surface area contributed by atoms with E-state index in [2.05, 4.69) is 4.90 Å². The molecule has 0 amide bonds. The summed E-state index contributed by atoms with van der Waals surface area (Å²) in [5.74, 6) is 1.25. The smallest absolute Gasteiger partial charge is 0.341 e. The molecule has 164 valence electrons. The Morgan fingerprint density at radius 3 is 2.37 bits per heavy atom. The van der Waals surface area contributed by atoms with Gasteiger partial charge in [-0.1, -0.05) is 19.3 Å². The Hall–Kier alpha value is -1.76. The first-order chi connectivity index (χ1) is 14.3. The first kappa shape index (κ1) is 21.5. The van der Waals surface area contributed by atoms with Crippen LogP contribution in [0.2, 0.25) is 0 Å². The van der Waals surface area contributed by atoms with Gasteiger partial charge < -0.3 is 14.4 Å². The molecule has 4 rings (SSSR count). The zero-order valence-corrected chi connectivity index (χ0v) is 19.2. The normalized spacial score (nSPS) is 26.3. The van der Waals surface area contributed by atoms with Crippen LogP contribution in [0.1, 0.15) is 63.2 Å². The SMILES string of the molecule is COC(=O)C1[C@H]2CN(c3ccc(C(=O)OC(C)(C)C)c(SC4CCCCC4)n3)C[C@@H]12. The van der Waals surface area contributed by atoms with Crippen LogP contribution in [0.4, 0.5) is 5.82 Å². The van der Waals surface area contributed by atoms with Crippen LogP contribution in [0.3, 0.4) is 0 Å². The lowest BCUT2D eigenvalue weighted by atomic mass is 10.0. The van der Waals surface area contributed by atoms with Gasteiger partial charge in [-0.15, -0.1) is 11.8 Å². The number of methoxy groups -OCH3 is 1. The van der Waals surface area contributed by atoms with Crippen molar-refractivity contribution in [2.75, 3.05) is 25.1 Å². The summed E-state index contributed by atoms with van der Waals surface area (Å²) in [5.41, 5.74) is 0.0165. The molecule has 1 aliphatic heterocycles. The fraction of sp³-hybridized carbons (Fsp3) is 0.696. The molecule has 6 nitrogen and oxygen atoms in total. The van der Waals surface area contributed by atoms with E-state index in [1.54, 1.807) is 11.8 Å². The third kappa shape index (κ3) is 4.61. The molecule has 0 N–H and O–H groups in total. The maximum absolute atomic E-state index is 12.8. The number of pyridine rings is 1. The maximum atomic E-state index is 12.8. The standard InChI is InChI=1S/C23H32N2O4S/c1-23(2,3)29-21(26)15-10-11-18(24-20(15)30-14-8-6-5-7-9-14)25-12-16-17(13-25)19(16)22(27)28-4/h10-11,14,16-17,19H,5-9,12-13H2,1-4H3/t16-,17+,19?. The Balaban J connectivity index is 1.52. The van der Waals surface area contributed by atoms with Crippen LogP contribution in [0.5, 0.6) is 0 Å². The first-order valence-corrected chi connectivity index (χ1v) is 11.9. The van der Waals surface area contributed by atoms with Crippen molar-refractivity contribution in [1.29, 1.82) is 0 Å². The number of thioether (sulfide) groups is 1. The maximum Gasteiger partial charge on any atom is 0.341 e. The van der Waals surface area contributed by atoms with E-state index in [0.717, 1.165) is 23.9 Å². The van der Waals surface area contributed by atoms with Crippen LogP contribution < -0.4 is 4.90 Å². The van der Waals surface area contributed by atoms with Crippen LogP contribution in [0, 0.1) is 17.8 Å². The molecule has 0 spiro atoms. The van der Waals surface area contributed by atoms with Crippen molar-refractivity contribution in [2.24, 2.45) is 17.8 Å². The minimum atomic E-state index is -0.540. The topological polar surface area (TPSA) is 68.7 Å². The fourth-order valence-corrected chi connectivity index (χ4v) is 6.03. The molecule has 30 heavy (non-hydrogen) atoms. The summed E-state index contributed by atoms with van der Waals surface area (Å²) in [6.07, 6.45) is 6.10. The van der Waals surface area contributed by atoms with Crippen molar-refractivity contribution in [3.05, 3.63) is 17.7 Å². The highest BCUT2D eigenvalue weighted by Gasteiger charge is 2.60. The van der Waals surface area contributed by atoms with E-state index in [1.165, 1.54) is 39.2 Å². The molecular weight excluding hydrogens is 400 g/mol. The van der Waals surface area contributed by atoms with E-state index in [-0.39, 0.29) is 17.9 Å².